The van der Waals surface area contributed by atoms with Gasteiger partial charge in [0.25, 0.3) is 0 Å². The Morgan fingerprint density at radius 2 is 2.28 bits per heavy atom. The van der Waals surface area contributed by atoms with Crippen LogP contribution in [-0.4, -0.2) is 16.6 Å². The Labute approximate surface area is 107 Å². The second-order valence-electron chi connectivity index (χ2n) is 4.39. The summed E-state index contributed by atoms with van der Waals surface area (Å²) in [7, 11) is 3.88. The van der Waals surface area contributed by atoms with Crippen LogP contribution in [0.15, 0.2) is 36.7 Å². The highest BCUT2D eigenvalue weighted by Crippen LogP contribution is 2.19. The van der Waals surface area contributed by atoms with E-state index in [-0.39, 0.29) is 11.9 Å². The van der Waals surface area contributed by atoms with Crippen molar-refractivity contribution in [3.63, 3.8) is 0 Å². The molecule has 0 bridgehead atoms. The van der Waals surface area contributed by atoms with Crippen LogP contribution < -0.4 is 5.32 Å². The minimum absolute atomic E-state index is 0.150. The van der Waals surface area contributed by atoms with E-state index in [0.29, 0.717) is 0 Å². The smallest absolute Gasteiger partial charge is 0.123 e. The Kier molecular flexibility index (Phi) is 4.10. The minimum atomic E-state index is -0.190. The second-order valence-corrected chi connectivity index (χ2v) is 4.39. The molecule has 0 amide bonds. The number of halogens is 1. The molecule has 0 fully saturated rings. The average Bonchev–Trinajstić information content (AvgIpc) is 2.76. The van der Waals surface area contributed by atoms with E-state index in [9.17, 15) is 4.39 Å². The van der Waals surface area contributed by atoms with Crippen LogP contribution in [0.5, 0.6) is 0 Å². The van der Waals surface area contributed by atoms with Crippen LogP contribution in [0, 0.1) is 5.82 Å². The molecule has 1 atom stereocenters. The maximum Gasteiger partial charge on any atom is 0.123 e. The fourth-order valence-corrected chi connectivity index (χ4v) is 2.11. The molecule has 1 unspecified atom stereocenters. The number of rotatable bonds is 5. The molecule has 0 saturated heterocycles. The number of benzene rings is 1. The number of nitrogens with zero attached hydrogens (tertiary/aromatic N) is 2. The zero-order chi connectivity index (χ0) is 13.0. The van der Waals surface area contributed by atoms with Crippen LogP contribution in [0.2, 0.25) is 0 Å². The standard InChI is InChI=1S/C14H18FN3/c1-16-13(11-4-3-5-12(15)10-11)6-7-14-17-8-9-18(14)2/h3-5,8-10,13,16H,6-7H2,1-2H3. The van der Waals surface area contributed by atoms with Crippen LogP contribution in [0.25, 0.3) is 0 Å². The number of hydrogen-bond acceptors (Lipinski definition) is 2. The summed E-state index contributed by atoms with van der Waals surface area (Å²) in [6.07, 6.45) is 5.49. The van der Waals surface area contributed by atoms with Crippen molar-refractivity contribution in [1.29, 1.82) is 0 Å². The molecule has 1 aromatic carbocycles. The van der Waals surface area contributed by atoms with E-state index in [2.05, 4.69) is 10.3 Å². The zero-order valence-corrected chi connectivity index (χ0v) is 10.7. The maximum atomic E-state index is 13.2. The molecular weight excluding hydrogens is 229 g/mol. The average molecular weight is 247 g/mol. The third-order valence-corrected chi connectivity index (χ3v) is 3.18. The molecule has 2 rings (SSSR count). The van der Waals surface area contributed by atoms with Crippen LogP contribution in [0.4, 0.5) is 4.39 Å². The first-order valence-electron chi connectivity index (χ1n) is 6.09. The van der Waals surface area contributed by atoms with Crippen LogP contribution in [0.3, 0.4) is 0 Å². The van der Waals surface area contributed by atoms with E-state index >= 15 is 0 Å². The van der Waals surface area contributed by atoms with Gasteiger partial charge in [0.15, 0.2) is 0 Å². The van der Waals surface area contributed by atoms with Gasteiger partial charge in [0, 0.05) is 31.9 Å². The first-order chi connectivity index (χ1) is 8.70. The minimum Gasteiger partial charge on any atom is -0.338 e. The second kappa shape index (κ2) is 5.78. The normalized spacial score (nSPS) is 12.6. The molecule has 2 aromatic rings. The summed E-state index contributed by atoms with van der Waals surface area (Å²) >= 11 is 0. The molecule has 0 aliphatic carbocycles. The van der Waals surface area contributed by atoms with Crippen molar-refractivity contribution >= 4 is 0 Å². The lowest BCUT2D eigenvalue weighted by atomic mass is 10.0. The lowest BCUT2D eigenvalue weighted by molar-refractivity contribution is 0.530. The predicted molar refractivity (Wildman–Crippen MR) is 69.7 cm³/mol. The summed E-state index contributed by atoms with van der Waals surface area (Å²) in [6, 6.07) is 6.89. The largest absolute Gasteiger partial charge is 0.338 e. The Balaban J connectivity index is 2.04. The van der Waals surface area contributed by atoms with E-state index in [0.717, 1.165) is 24.2 Å². The molecule has 96 valence electrons. The van der Waals surface area contributed by atoms with Crippen LogP contribution >= 0.6 is 0 Å². The summed E-state index contributed by atoms with van der Waals surface area (Å²) in [5, 5.41) is 3.22. The SMILES string of the molecule is CNC(CCc1nccn1C)c1cccc(F)c1. The highest BCUT2D eigenvalue weighted by molar-refractivity contribution is 5.20. The Hall–Kier alpha value is -1.68. The molecule has 4 heteroatoms. The summed E-state index contributed by atoms with van der Waals surface area (Å²) in [4.78, 5) is 4.29. The Morgan fingerprint density at radius 3 is 2.89 bits per heavy atom. The molecule has 1 heterocycles. The number of aryl methyl sites for hydroxylation is 2. The third kappa shape index (κ3) is 2.96. The van der Waals surface area contributed by atoms with E-state index in [4.69, 9.17) is 0 Å². The number of hydrogen-bond donors (Lipinski definition) is 1. The van der Waals surface area contributed by atoms with Crippen molar-refractivity contribution in [3.8, 4) is 0 Å². The molecule has 0 aliphatic rings. The fourth-order valence-electron chi connectivity index (χ4n) is 2.11. The van der Waals surface area contributed by atoms with Gasteiger partial charge in [-0.1, -0.05) is 12.1 Å². The van der Waals surface area contributed by atoms with E-state index in [1.54, 1.807) is 18.3 Å². The highest BCUT2D eigenvalue weighted by atomic mass is 19.1. The lowest BCUT2D eigenvalue weighted by Gasteiger charge is -2.16. The molecule has 0 saturated carbocycles. The molecule has 1 aromatic heterocycles. The van der Waals surface area contributed by atoms with Crippen molar-refractivity contribution < 1.29 is 4.39 Å². The van der Waals surface area contributed by atoms with Crippen molar-refractivity contribution in [2.24, 2.45) is 7.05 Å². The van der Waals surface area contributed by atoms with Crippen LogP contribution in [-0.2, 0) is 13.5 Å². The summed E-state index contributed by atoms with van der Waals surface area (Å²) in [5.74, 6) is 0.858. The summed E-state index contributed by atoms with van der Waals surface area (Å²) in [5.41, 5.74) is 0.978. The van der Waals surface area contributed by atoms with E-state index < -0.39 is 0 Å². The van der Waals surface area contributed by atoms with Crippen molar-refractivity contribution in [3.05, 3.63) is 53.9 Å². The third-order valence-electron chi connectivity index (χ3n) is 3.18. The summed E-state index contributed by atoms with van der Waals surface area (Å²) < 4.78 is 15.2. The quantitative estimate of drug-likeness (QED) is 0.879. The monoisotopic (exact) mass is 247 g/mol. The first-order valence-corrected chi connectivity index (χ1v) is 6.09. The van der Waals surface area contributed by atoms with Gasteiger partial charge in [-0.05, 0) is 31.2 Å². The van der Waals surface area contributed by atoms with Crippen molar-refractivity contribution in [2.45, 2.75) is 18.9 Å². The van der Waals surface area contributed by atoms with Gasteiger partial charge >= 0.3 is 0 Å². The lowest BCUT2D eigenvalue weighted by Crippen LogP contribution is -2.18. The first kappa shape index (κ1) is 12.8. The van der Waals surface area contributed by atoms with E-state index in [1.165, 1.54) is 6.07 Å². The molecule has 18 heavy (non-hydrogen) atoms. The number of aromatic nitrogens is 2. The predicted octanol–water partition coefficient (Wildman–Crippen LogP) is 2.45. The summed E-state index contributed by atoms with van der Waals surface area (Å²) in [6.45, 7) is 0. The van der Waals surface area contributed by atoms with Crippen molar-refractivity contribution in [1.82, 2.24) is 14.9 Å². The van der Waals surface area contributed by atoms with Crippen LogP contribution in [0.1, 0.15) is 23.9 Å². The topological polar surface area (TPSA) is 29.9 Å². The number of imidazole rings is 1. The maximum absolute atomic E-state index is 13.2. The molecule has 0 spiro atoms. The highest BCUT2D eigenvalue weighted by Gasteiger charge is 2.11. The van der Waals surface area contributed by atoms with Gasteiger partial charge in [0.2, 0.25) is 0 Å². The molecule has 0 radical (unpaired) electrons. The van der Waals surface area contributed by atoms with Gasteiger partial charge in [0.1, 0.15) is 11.6 Å². The fraction of sp³-hybridized carbons (Fsp3) is 0.357. The Morgan fingerprint density at radius 1 is 1.44 bits per heavy atom. The van der Waals surface area contributed by atoms with Gasteiger partial charge in [0.05, 0.1) is 0 Å². The van der Waals surface area contributed by atoms with Gasteiger partial charge in [-0.15, -0.1) is 0 Å². The number of nitrogens with one attached hydrogen (secondary N) is 1. The van der Waals surface area contributed by atoms with Crippen molar-refractivity contribution in [2.75, 3.05) is 7.05 Å². The zero-order valence-electron chi connectivity index (χ0n) is 10.7. The van der Waals surface area contributed by atoms with E-state index in [1.807, 2.05) is 30.9 Å². The Bertz CT molecular complexity index is 507. The van der Waals surface area contributed by atoms with Gasteiger partial charge in [-0.25, -0.2) is 9.37 Å². The molecular formula is C14H18FN3. The van der Waals surface area contributed by atoms with Gasteiger partial charge < -0.3 is 9.88 Å². The van der Waals surface area contributed by atoms with Gasteiger partial charge in [-0.3, -0.25) is 0 Å². The van der Waals surface area contributed by atoms with Gasteiger partial charge in [-0.2, -0.15) is 0 Å². The molecule has 1 N–H and O–H groups in total. The molecule has 3 nitrogen and oxygen atoms in total. The molecule has 0 aliphatic heterocycles.